The molecule has 0 N–H and O–H groups in total. The van der Waals surface area contributed by atoms with E-state index in [1.54, 1.807) is 33.3 Å². The molecule has 1 aliphatic rings. The molecular formula is C25H22BrFN6O5. The summed E-state index contributed by atoms with van der Waals surface area (Å²) in [4.78, 5) is 28.2. The Balaban J connectivity index is 1.53. The number of aromatic nitrogens is 5. The van der Waals surface area contributed by atoms with Gasteiger partial charge in [0.15, 0.2) is 6.20 Å². The maximum Gasteiger partial charge on any atom is 0.406 e. The SMILES string of the molecule is C[C@@H](Oc1cc(Br)cnc1[N+](=O)[O-])c1cc(F)ccc1-c1nn(C)cc1C(=O)c1cc(OC2CC2)nn1C. The molecule has 1 saturated carbocycles. The van der Waals surface area contributed by atoms with Crippen molar-refractivity contribution in [3.8, 4) is 22.9 Å². The Morgan fingerprint density at radius 3 is 2.71 bits per heavy atom. The number of benzene rings is 1. The van der Waals surface area contributed by atoms with Gasteiger partial charge in [0.25, 0.3) is 0 Å². The van der Waals surface area contributed by atoms with Gasteiger partial charge in [-0.15, -0.1) is 5.10 Å². The second kappa shape index (κ2) is 9.97. The van der Waals surface area contributed by atoms with Crippen molar-refractivity contribution in [2.24, 2.45) is 14.1 Å². The smallest absolute Gasteiger partial charge is 0.406 e. The summed E-state index contributed by atoms with van der Waals surface area (Å²) < 4.78 is 29.5. The van der Waals surface area contributed by atoms with E-state index in [1.807, 2.05) is 0 Å². The van der Waals surface area contributed by atoms with Crippen molar-refractivity contribution in [3.63, 3.8) is 0 Å². The van der Waals surface area contributed by atoms with Crippen LogP contribution in [-0.4, -0.2) is 41.4 Å². The summed E-state index contributed by atoms with van der Waals surface area (Å²) in [6, 6.07) is 7.02. The van der Waals surface area contributed by atoms with Gasteiger partial charge in [-0.3, -0.25) is 14.2 Å². The van der Waals surface area contributed by atoms with Crippen LogP contribution in [0.25, 0.3) is 11.3 Å². The Kier molecular flexibility index (Phi) is 6.69. The monoisotopic (exact) mass is 584 g/mol. The van der Waals surface area contributed by atoms with Crippen molar-refractivity contribution in [2.45, 2.75) is 32.0 Å². The van der Waals surface area contributed by atoms with Gasteiger partial charge in [-0.05, 0) is 63.8 Å². The van der Waals surface area contributed by atoms with E-state index in [2.05, 4.69) is 31.1 Å². The number of nitro groups is 1. The zero-order valence-corrected chi connectivity index (χ0v) is 22.2. The van der Waals surface area contributed by atoms with Crippen LogP contribution < -0.4 is 9.47 Å². The number of hydrogen-bond donors (Lipinski definition) is 0. The molecule has 0 unspecified atom stereocenters. The predicted octanol–water partition coefficient (Wildman–Crippen LogP) is 4.94. The number of ether oxygens (including phenoxy) is 2. The zero-order chi connectivity index (χ0) is 27.1. The first-order valence-electron chi connectivity index (χ1n) is 11.7. The molecule has 0 saturated heterocycles. The lowest BCUT2D eigenvalue weighted by Crippen LogP contribution is -2.11. The van der Waals surface area contributed by atoms with Crippen LogP contribution in [0.1, 0.15) is 47.5 Å². The number of carbonyl (C=O) groups is 1. The maximum atomic E-state index is 14.4. The van der Waals surface area contributed by atoms with Crippen LogP contribution in [0.4, 0.5) is 10.2 Å². The first kappa shape index (κ1) is 25.5. The average Bonchev–Trinajstić information content (AvgIpc) is 3.47. The molecule has 0 amide bonds. The summed E-state index contributed by atoms with van der Waals surface area (Å²) in [6.07, 6.45) is 4.04. The third-order valence-corrected chi connectivity index (χ3v) is 6.39. The molecule has 3 aromatic heterocycles. The van der Waals surface area contributed by atoms with E-state index in [0.717, 1.165) is 12.8 Å². The molecule has 1 aliphatic carbocycles. The molecule has 0 aliphatic heterocycles. The minimum atomic E-state index is -0.865. The lowest BCUT2D eigenvalue weighted by atomic mass is 9.96. The number of nitrogens with zero attached hydrogens (tertiary/aromatic N) is 6. The van der Waals surface area contributed by atoms with Gasteiger partial charge in [-0.1, -0.05) is 0 Å². The van der Waals surface area contributed by atoms with Crippen molar-refractivity contribution in [1.29, 1.82) is 0 Å². The molecule has 1 atom stereocenters. The minimum Gasteiger partial charge on any atom is -0.478 e. The maximum absolute atomic E-state index is 14.4. The number of pyridine rings is 1. The normalized spacial score (nSPS) is 13.8. The Bertz CT molecular complexity index is 1560. The van der Waals surface area contributed by atoms with Gasteiger partial charge < -0.3 is 19.6 Å². The fraction of sp³-hybridized carbons (Fsp3) is 0.280. The summed E-state index contributed by atoms with van der Waals surface area (Å²) in [5.41, 5.74) is 1.65. The molecule has 1 aromatic carbocycles. The number of halogens is 2. The van der Waals surface area contributed by atoms with Gasteiger partial charge in [0.2, 0.25) is 17.4 Å². The van der Waals surface area contributed by atoms with Crippen LogP contribution in [0.5, 0.6) is 11.6 Å². The van der Waals surface area contributed by atoms with Crippen molar-refractivity contribution in [2.75, 3.05) is 0 Å². The molecule has 196 valence electrons. The second-order valence-electron chi connectivity index (χ2n) is 8.93. The second-order valence-corrected chi connectivity index (χ2v) is 9.84. The van der Waals surface area contributed by atoms with Crippen LogP contribution in [0.2, 0.25) is 0 Å². The Hall–Kier alpha value is -4.13. The standard InChI is InChI=1S/C25H22BrFN6O5/c1-13(37-21-8-14(26)11-28-25(21)33(35)36)18-9-15(27)4-7-17(18)23-19(12-31(2)30-23)24(34)20-10-22(29-32(20)3)38-16-5-6-16/h4,7-13,16H,5-6H2,1-3H3/t13-/m1/s1. The lowest BCUT2D eigenvalue weighted by Gasteiger charge is -2.18. The highest BCUT2D eigenvalue weighted by Crippen LogP contribution is 2.36. The molecule has 13 heteroatoms. The van der Waals surface area contributed by atoms with E-state index >= 15 is 0 Å². The fourth-order valence-corrected chi connectivity index (χ4v) is 4.35. The third-order valence-electron chi connectivity index (χ3n) is 5.96. The van der Waals surface area contributed by atoms with E-state index < -0.39 is 22.7 Å². The zero-order valence-electron chi connectivity index (χ0n) is 20.6. The molecule has 11 nitrogen and oxygen atoms in total. The highest BCUT2D eigenvalue weighted by Gasteiger charge is 2.29. The summed E-state index contributed by atoms with van der Waals surface area (Å²) >= 11 is 3.24. The van der Waals surface area contributed by atoms with E-state index in [9.17, 15) is 19.3 Å². The number of carbonyl (C=O) groups excluding carboxylic acids is 1. The van der Waals surface area contributed by atoms with Crippen LogP contribution in [0.15, 0.2) is 47.2 Å². The Morgan fingerprint density at radius 1 is 1.24 bits per heavy atom. The van der Waals surface area contributed by atoms with Crippen molar-refractivity contribution in [3.05, 3.63) is 80.0 Å². The Morgan fingerprint density at radius 2 is 2.00 bits per heavy atom. The van der Waals surface area contributed by atoms with Gasteiger partial charge >= 0.3 is 5.82 Å². The van der Waals surface area contributed by atoms with E-state index in [1.165, 1.54) is 39.8 Å². The molecule has 0 bridgehead atoms. The lowest BCUT2D eigenvalue weighted by molar-refractivity contribution is -0.390. The molecule has 4 aromatic rings. The number of ketones is 1. The van der Waals surface area contributed by atoms with Crippen molar-refractivity contribution in [1.82, 2.24) is 24.5 Å². The van der Waals surface area contributed by atoms with Crippen molar-refractivity contribution < 1.29 is 23.6 Å². The first-order chi connectivity index (χ1) is 18.1. The molecule has 3 heterocycles. The van der Waals surface area contributed by atoms with E-state index in [-0.39, 0.29) is 23.2 Å². The van der Waals surface area contributed by atoms with Gasteiger partial charge in [0.1, 0.15) is 29.4 Å². The highest BCUT2D eigenvalue weighted by atomic mass is 79.9. The Labute approximate surface area is 224 Å². The highest BCUT2D eigenvalue weighted by molar-refractivity contribution is 9.10. The molecule has 0 radical (unpaired) electrons. The van der Waals surface area contributed by atoms with Crippen LogP contribution in [-0.2, 0) is 14.1 Å². The minimum absolute atomic E-state index is 0.0949. The average molecular weight is 585 g/mol. The van der Waals surface area contributed by atoms with Gasteiger partial charge in [0, 0.05) is 43.6 Å². The van der Waals surface area contributed by atoms with Gasteiger partial charge in [-0.25, -0.2) is 4.39 Å². The summed E-state index contributed by atoms with van der Waals surface area (Å²) in [6.45, 7) is 1.62. The molecule has 1 fully saturated rings. The van der Waals surface area contributed by atoms with Crippen LogP contribution in [0.3, 0.4) is 0 Å². The molecular weight excluding hydrogens is 563 g/mol. The van der Waals surface area contributed by atoms with Gasteiger partial charge in [-0.2, -0.15) is 5.10 Å². The van der Waals surface area contributed by atoms with Crippen LogP contribution in [0, 0.1) is 15.9 Å². The molecule has 5 rings (SSSR count). The quantitative estimate of drug-likeness (QED) is 0.154. The van der Waals surface area contributed by atoms with Crippen molar-refractivity contribution >= 4 is 27.5 Å². The number of aryl methyl sites for hydroxylation is 2. The first-order valence-corrected chi connectivity index (χ1v) is 12.5. The third kappa shape index (κ3) is 5.14. The fourth-order valence-electron chi connectivity index (χ4n) is 4.04. The van der Waals surface area contributed by atoms with E-state index in [0.29, 0.717) is 32.9 Å². The molecule has 0 spiro atoms. The van der Waals surface area contributed by atoms with Gasteiger partial charge in [0.05, 0.1) is 10.0 Å². The summed E-state index contributed by atoms with van der Waals surface area (Å²) in [5, 5.41) is 20.2. The largest absolute Gasteiger partial charge is 0.478 e. The van der Waals surface area contributed by atoms with E-state index in [4.69, 9.17) is 9.47 Å². The topological polar surface area (TPSA) is 127 Å². The van der Waals surface area contributed by atoms with Crippen LogP contribution >= 0.6 is 15.9 Å². The summed E-state index contributed by atoms with van der Waals surface area (Å²) in [5.74, 6) is -1.09. The molecule has 38 heavy (non-hydrogen) atoms. The number of hydrogen-bond acceptors (Lipinski definition) is 8. The summed E-state index contributed by atoms with van der Waals surface area (Å²) in [7, 11) is 3.33. The predicted molar refractivity (Wildman–Crippen MR) is 137 cm³/mol. The number of rotatable bonds is 9.